The highest BCUT2D eigenvalue weighted by Gasteiger charge is 2.63. The maximum Gasteiger partial charge on any atom is 0.303 e. The fourth-order valence-corrected chi connectivity index (χ4v) is 6.18. The van der Waals surface area contributed by atoms with Gasteiger partial charge in [-0.25, -0.2) is 0 Å². The molecule has 0 aliphatic heterocycles. The minimum atomic E-state index is -0.814. The highest BCUT2D eigenvalue weighted by molar-refractivity contribution is 5.67. The van der Waals surface area contributed by atoms with Crippen molar-refractivity contribution >= 4 is 18.2 Å². The van der Waals surface area contributed by atoms with Crippen molar-refractivity contribution in [2.45, 2.75) is 85.4 Å². The molecule has 0 aromatic heterocycles. The van der Waals surface area contributed by atoms with E-state index < -0.39 is 5.60 Å². The minimum absolute atomic E-state index is 0.00813. The topological polar surface area (TPSA) is 69.7 Å². The molecule has 2 saturated carbocycles. The largest absolute Gasteiger partial charge is 0.462 e. The van der Waals surface area contributed by atoms with Gasteiger partial charge >= 0.3 is 11.9 Å². The Kier molecular flexibility index (Phi) is 5.36. The summed E-state index contributed by atoms with van der Waals surface area (Å²) >= 11 is 0. The quantitative estimate of drug-likeness (QED) is 0.570. The number of rotatable bonds is 4. The van der Waals surface area contributed by atoms with E-state index in [1.165, 1.54) is 13.8 Å². The van der Waals surface area contributed by atoms with Crippen LogP contribution in [0, 0.1) is 22.7 Å². The lowest BCUT2D eigenvalue weighted by molar-refractivity contribution is -0.233. The number of aldehydes is 1. The standard InChI is InChI=1S/C20H32O5/c1-13(22)24-15-12-20(6,25-14(2)23)16(8-11-21)19(5)10-7-9-18(3,4)17(15)19/h11,15-17H,7-10,12H2,1-6H3/t15-,16+,17+,19+,20+/m0/s1. The molecule has 0 unspecified atom stereocenters. The van der Waals surface area contributed by atoms with Crippen LogP contribution in [0.5, 0.6) is 0 Å². The molecule has 2 rings (SSSR count). The molecule has 0 bridgehead atoms. The number of carbonyl (C=O) groups is 3. The van der Waals surface area contributed by atoms with E-state index in [0.29, 0.717) is 12.8 Å². The van der Waals surface area contributed by atoms with Crippen molar-refractivity contribution in [2.24, 2.45) is 22.7 Å². The Hall–Kier alpha value is -1.39. The lowest BCUT2D eigenvalue weighted by atomic mass is 9.44. The molecule has 2 aliphatic rings. The molecule has 0 amide bonds. The van der Waals surface area contributed by atoms with Crippen molar-refractivity contribution < 1.29 is 23.9 Å². The second-order valence-corrected chi connectivity index (χ2v) is 9.04. The van der Waals surface area contributed by atoms with E-state index in [0.717, 1.165) is 25.5 Å². The van der Waals surface area contributed by atoms with E-state index in [1.807, 2.05) is 6.92 Å². The average Bonchev–Trinajstić information content (AvgIpc) is 2.40. The molecule has 5 atom stereocenters. The monoisotopic (exact) mass is 352 g/mol. The summed E-state index contributed by atoms with van der Waals surface area (Å²) in [6.45, 7) is 11.3. The summed E-state index contributed by atoms with van der Waals surface area (Å²) < 4.78 is 11.5. The molecule has 0 heterocycles. The fraction of sp³-hybridized carbons (Fsp3) is 0.850. The number of esters is 2. The van der Waals surface area contributed by atoms with Crippen molar-refractivity contribution in [3.63, 3.8) is 0 Å². The average molecular weight is 352 g/mol. The van der Waals surface area contributed by atoms with Crippen molar-refractivity contribution in [1.82, 2.24) is 0 Å². The molecular weight excluding hydrogens is 320 g/mol. The Morgan fingerprint density at radius 1 is 1.08 bits per heavy atom. The third kappa shape index (κ3) is 3.61. The Labute approximate surface area is 150 Å². The summed E-state index contributed by atoms with van der Waals surface area (Å²) in [6, 6.07) is 0. The van der Waals surface area contributed by atoms with E-state index >= 15 is 0 Å². The highest BCUT2D eigenvalue weighted by atomic mass is 16.6. The minimum Gasteiger partial charge on any atom is -0.462 e. The van der Waals surface area contributed by atoms with Gasteiger partial charge < -0.3 is 14.3 Å². The Morgan fingerprint density at radius 3 is 2.24 bits per heavy atom. The first kappa shape index (κ1) is 19.9. The van der Waals surface area contributed by atoms with Crippen molar-refractivity contribution in [2.75, 3.05) is 0 Å². The molecule has 2 fully saturated rings. The van der Waals surface area contributed by atoms with Crippen LogP contribution in [0.3, 0.4) is 0 Å². The van der Waals surface area contributed by atoms with Crippen LogP contribution in [0.1, 0.15) is 73.6 Å². The second-order valence-electron chi connectivity index (χ2n) is 9.04. The number of fused-ring (bicyclic) bond motifs is 1. The van der Waals surface area contributed by atoms with Crippen molar-refractivity contribution in [1.29, 1.82) is 0 Å². The first-order chi connectivity index (χ1) is 11.5. The van der Waals surface area contributed by atoms with Crippen molar-refractivity contribution in [3.05, 3.63) is 0 Å². The molecule has 0 saturated heterocycles. The Bertz CT molecular complexity index is 554. The third-order valence-corrected chi connectivity index (χ3v) is 6.63. The summed E-state index contributed by atoms with van der Waals surface area (Å²) in [4.78, 5) is 35.0. The van der Waals surface area contributed by atoms with Crippen LogP contribution in [0.25, 0.3) is 0 Å². The van der Waals surface area contributed by atoms with Gasteiger partial charge in [-0.3, -0.25) is 9.59 Å². The van der Waals surface area contributed by atoms with Gasteiger partial charge in [-0.05, 0) is 30.6 Å². The zero-order chi connectivity index (χ0) is 19.0. The predicted molar refractivity (Wildman–Crippen MR) is 93.7 cm³/mol. The van der Waals surface area contributed by atoms with E-state index in [4.69, 9.17) is 9.47 Å². The van der Waals surface area contributed by atoms with E-state index in [1.54, 1.807) is 0 Å². The van der Waals surface area contributed by atoms with Crippen LogP contribution in [0.15, 0.2) is 0 Å². The van der Waals surface area contributed by atoms with Crippen LogP contribution in [-0.4, -0.2) is 29.9 Å². The molecule has 0 radical (unpaired) electrons. The molecule has 5 heteroatoms. The molecule has 0 aromatic carbocycles. The summed E-state index contributed by atoms with van der Waals surface area (Å²) in [5.41, 5.74) is -1.05. The maximum atomic E-state index is 11.8. The molecule has 0 spiro atoms. The van der Waals surface area contributed by atoms with Crippen LogP contribution >= 0.6 is 0 Å². The molecule has 0 aromatic rings. The van der Waals surface area contributed by atoms with Crippen molar-refractivity contribution in [3.8, 4) is 0 Å². The van der Waals surface area contributed by atoms with Gasteiger partial charge in [-0.2, -0.15) is 0 Å². The van der Waals surface area contributed by atoms with Gasteiger partial charge in [0.05, 0.1) is 0 Å². The summed E-state index contributed by atoms with van der Waals surface area (Å²) in [7, 11) is 0. The summed E-state index contributed by atoms with van der Waals surface area (Å²) in [6.07, 6.45) is 4.46. The first-order valence-electron chi connectivity index (χ1n) is 9.27. The zero-order valence-corrected chi connectivity index (χ0v) is 16.4. The number of ether oxygens (including phenoxy) is 2. The molecule has 2 aliphatic carbocycles. The maximum absolute atomic E-state index is 11.8. The summed E-state index contributed by atoms with van der Waals surface area (Å²) in [5.74, 6) is -0.631. The fourth-order valence-electron chi connectivity index (χ4n) is 6.18. The van der Waals surface area contributed by atoms with Gasteiger partial charge in [0.1, 0.15) is 18.0 Å². The highest BCUT2D eigenvalue weighted by Crippen LogP contribution is 2.63. The van der Waals surface area contributed by atoms with Gasteiger partial charge in [-0.1, -0.05) is 27.2 Å². The number of hydrogen-bond acceptors (Lipinski definition) is 5. The van der Waals surface area contributed by atoms with Gasteiger partial charge in [0.2, 0.25) is 0 Å². The van der Waals surface area contributed by atoms with Crippen LogP contribution in [0.2, 0.25) is 0 Å². The smallest absolute Gasteiger partial charge is 0.303 e. The van der Waals surface area contributed by atoms with Gasteiger partial charge in [0, 0.05) is 38.5 Å². The molecule has 0 N–H and O–H groups in total. The van der Waals surface area contributed by atoms with E-state index in [-0.39, 0.29) is 40.7 Å². The van der Waals surface area contributed by atoms with Gasteiger partial charge in [0.15, 0.2) is 0 Å². The first-order valence-corrected chi connectivity index (χ1v) is 9.27. The number of carbonyl (C=O) groups excluding carboxylic acids is 3. The number of hydrogen-bond donors (Lipinski definition) is 0. The second kappa shape index (κ2) is 6.73. The van der Waals surface area contributed by atoms with E-state index in [9.17, 15) is 14.4 Å². The van der Waals surface area contributed by atoms with E-state index in [2.05, 4.69) is 20.8 Å². The Morgan fingerprint density at radius 2 is 1.72 bits per heavy atom. The molecular formula is C20H32O5. The third-order valence-electron chi connectivity index (χ3n) is 6.63. The van der Waals surface area contributed by atoms with Crippen LogP contribution < -0.4 is 0 Å². The lowest BCUT2D eigenvalue weighted by Crippen LogP contribution is -2.64. The predicted octanol–water partition coefficient (Wildman–Crippen LogP) is 3.68. The SMILES string of the molecule is CC(=O)O[C@H]1C[C@@](C)(OC(C)=O)[C@H](CC=O)[C@@]2(C)CCCC(C)(C)[C@@H]12. The van der Waals surface area contributed by atoms with Gasteiger partial charge in [-0.15, -0.1) is 0 Å². The normalized spacial score (nSPS) is 39.8. The Balaban J connectivity index is 2.56. The lowest BCUT2D eigenvalue weighted by Gasteiger charge is -2.63. The molecule has 142 valence electrons. The molecule has 25 heavy (non-hydrogen) atoms. The molecule has 5 nitrogen and oxygen atoms in total. The van der Waals surface area contributed by atoms with Gasteiger partial charge in [0.25, 0.3) is 0 Å². The van der Waals surface area contributed by atoms with Crippen LogP contribution in [0.4, 0.5) is 0 Å². The van der Waals surface area contributed by atoms with Crippen LogP contribution in [-0.2, 0) is 23.9 Å². The zero-order valence-electron chi connectivity index (χ0n) is 16.4. The summed E-state index contributed by atoms with van der Waals surface area (Å²) in [5, 5.41) is 0.